The normalized spacial score (nSPS) is 10.0. The molecule has 2 aromatic rings. The van der Waals surface area contributed by atoms with Crippen LogP contribution in [0.2, 0.25) is 0 Å². The Hall–Kier alpha value is -2.43. The molecule has 2 N–H and O–H groups in total. The molecule has 5 nitrogen and oxygen atoms in total. The second-order valence-corrected chi connectivity index (χ2v) is 3.15. The van der Waals surface area contributed by atoms with Crippen molar-refractivity contribution in [1.29, 1.82) is 0 Å². The molecule has 0 saturated heterocycles. The molecular formula is C11H8N2O3. The monoisotopic (exact) mass is 216 g/mol. The van der Waals surface area contributed by atoms with Gasteiger partial charge in [-0.15, -0.1) is 0 Å². The lowest BCUT2D eigenvalue weighted by molar-refractivity contribution is 0.0695. The number of hydrogen-bond acceptors (Lipinski definition) is 3. The maximum absolute atomic E-state index is 11.8. The largest absolute Gasteiger partial charge is 0.477 e. The molecule has 80 valence electrons. The molecule has 0 radical (unpaired) electrons. The lowest BCUT2D eigenvalue weighted by Crippen LogP contribution is -2.16. The van der Waals surface area contributed by atoms with E-state index in [1.807, 2.05) is 0 Å². The number of nitrogens with zero attached hydrogens (tertiary/aromatic N) is 1. The van der Waals surface area contributed by atoms with Crippen LogP contribution in [-0.2, 0) is 0 Å². The van der Waals surface area contributed by atoms with Crippen LogP contribution in [0.15, 0.2) is 41.7 Å². The van der Waals surface area contributed by atoms with Crippen molar-refractivity contribution in [3.8, 4) is 11.1 Å². The Morgan fingerprint density at radius 3 is 2.56 bits per heavy atom. The highest BCUT2D eigenvalue weighted by Gasteiger charge is 2.12. The standard InChI is InChI=1S/C11H8N2O3/c14-10-8(7-1-3-12-4-2-7)5-13-6-9(10)11(15)16/h1-6H,(H,13,14)(H,15,16). The Balaban J connectivity index is 2.64. The van der Waals surface area contributed by atoms with Crippen LogP contribution < -0.4 is 5.43 Å². The first-order valence-electron chi connectivity index (χ1n) is 4.55. The van der Waals surface area contributed by atoms with Gasteiger partial charge < -0.3 is 10.1 Å². The van der Waals surface area contributed by atoms with Crippen molar-refractivity contribution in [2.24, 2.45) is 0 Å². The van der Waals surface area contributed by atoms with Gasteiger partial charge in [-0.2, -0.15) is 0 Å². The topological polar surface area (TPSA) is 83.0 Å². The number of aromatic carboxylic acids is 1. The number of carboxylic acid groups (broad SMARTS) is 1. The van der Waals surface area contributed by atoms with Gasteiger partial charge in [0.05, 0.1) is 0 Å². The minimum atomic E-state index is -1.24. The highest BCUT2D eigenvalue weighted by molar-refractivity contribution is 5.88. The van der Waals surface area contributed by atoms with Crippen LogP contribution >= 0.6 is 0 Å². The Kier molecular flexibility index (Phi) is 2.51. The number of nitrogens with one attached hydrogen (secondary N) is 1. The Labute approximate surface area is 90.4 Å². The van der Waals surface area contributed by atoms with Gasteiger partial charge >= 0.3 is 5.97 Å². The first kappa shape index (κ1) is 10.1. The van der Waals surface area contributed by atoms with Gasteiger partial charge in [-0.25, -0.2) is 4.79 Å². The van der Waals surface area contributed by atoms with Crippen molar-refractivity contribution in [3.63, 3.8) is 0 Å². The van der Waals surface area contributed by atoms with E-state index in [0.29, 0.717) is 11.1 Å². The first-order valence-corrected chi connectivity index (χ1v) is 4.55. The van der Waals surface area contributed by atoms with E-state index in [-0.39, 0.29) is 5.56 Å². The summed E-state index contributed by atoms with van der Waals surface area (Å²) in [4.78, 5) is 29.0. The van der Waals surface area contributed by atoms with Crippen LogP contribution in [-0.4, -0.2) is 21.0 Å². The van der Waals surface area contributed by atoms with Gasteiger partial charge in [-0.3, -0.25) is 9.78 Å². The molecule has 0 spiro atoms. The zero-order valence-corrected chi connectivity index (χ0v) is 8.18. The molecule has 0 amide bonds. The molecule has 0 aromatic carbocycles. The highest BCUT2D eigenvalue weighted by atomic mass is 16.4. The third-order valence-corrected chi connectivity index (χ3v) is 2.17. The van der Waals surface area contributed by atoms with E-state index in [1.165, 1.54) is 12.4 Å². The first-order chi connectivity index (χ1) is 7.70. The number of aromatic amines is 1. The van der Waals surface area contributed by atoms with Crippen molar-refractivity contribution >= 4 is 5.97 Å². The SMILES string of the molecule is O=C(O)c1c[nH]cc(-c2ccncc2)c1=O. The quantitative estimate of drug-likeness (QED) is 0.788. The molecule has 16 heavy (non-hydrogen) atoms. The van der Waals surface area contributed by atoms with E-state index in [1.54, 1.807) is 24.5 Å². The molecule has 5 heteroatoms. The molecule has 0 atom stereocenters. The predicted octanol–water partition coefficient (Wildman–Crippen LogP) is 1.14. The summed E-state index contributed by atoms with van der Waals surface area (Å²) in [5.41, 5.74) is 0.188. The van der Waals surface area contributed by atoms with E-state index in [4.69, 9.17) is 5.11 Å². The Morgan fingerprint density at radius 1 is 1.25 bits per heavy atom. The minimum absolute atomic E-state index is 0.269. The summed E-state index contributed by atoms with van der Waals surface area (Å²) in [5, 5.41) is 8.80. The molecule has 2 aromatic heterocycles. The van der Waals surface area contributed by atoms with Crippen molar-refractivity contribution in [2.45, 2.75) is 0 Å². The Morgan fingerprint density at radius 2 is 1.94 bits per heavy atom. The number of H-pyrrole nitrogens is 1. The van der Waals surface area contributed by atoms with E-state index in [0.717, 1.165) is 0 Å². The van der Waals surface area contributed by atoms with Crippen LogP contribution in [0.3, 0.4) is 0 Å². The third-order valence-electron chi connectivity index (χ3n) is 2.17. The summed E-state index contributed by atoms with van der Waals surface area (Å²) in [6.45, 7) is 0. The van der Waals surface area contributed by atoms with Crippen LogP contribution in [0.5, 0.6) is 0 Å². The van der Waals surface area contributed by atoms with Gasteiger partial charge in [-0.1, -0.05) is 0 Å². The lowest BCUT2D eigenvalue weighted by atomic mass is 10.1. The van der Waals surface area contributed by atoms with Gasteiger partial charge in [0.2, 0.25) is 5.43 Å². The number of rotatable bonds is 2. The van der Waals surface area contributed by atoms with Gasteiger partial charge in [-0.05, 0) is 17.7 Å². The Bertz CT molecular complexity index is 575. The van der Waals surface area contributed by atoms with Gasteiger partial charge in [0.25, 0.3) is 0 Å². The molecule has 0 unspecified atom stereocenters. The maximum atomic E-state index is 11.8. The van der Waals surface area contributed by atoms with Crippen LogP contribution in [0.1, 0.15) is 10.4 Å². The van der Waals surface area contributed by atoms with E-state index in [2.05, 4.69) is 9.97 Å². The molecule has 2 heterocycles. The summed E-state index contributed by atoms with van der Waals surface area (Å²) in [6.07, 6.45) is 5.74. The summed E-state index contributed by atoms with van der Waals surface area (Å²) >= 11 is 0. The van der Waals surface area contributed by atoms with E-state index in [9.17, 15) is 9.59 Å². The molecule has 0 fully saturated rings. The molecule has 0 aliphatic heterocycles. The second-order valence-electron chi connectivity index (χ2n) is 3.15. The van der Waals surface area contributed by atoms with Crippen molar-refractivity contribution in [1.82, 2.24) is 9.97 Å². The fraction of sp³-hybridized carbons (Fsp3) is 0. The fourth-order valence-electron chi connectivity index (χ4n) is 1.39. The van der Waals surface area contributed by atoms with Crippen molar-refractivity contribution in [2.75, 3.05) is 0 Å². The summed E-state index contributed by atoms with van der Waals surface area (Å²) in [6, 6.07) is 3.30. The van der Waals surface area contributed by atoms with Crippen LogP contribution in [0, 0.1) is 0 Å². The molecule has 0 bridgehead atoms. The van der Waals surface area contributed by atoms with Gasteiger partial charge in [0.15, 0.2) is 0 Å². The van der Waals surface area contributed by atoms with Crippen molar-refractivity contribution in [3.05, 3.63) is 52.7 Å². The van der Waals surface area contributed by atoms with Gasteiger partial charge in [0, 0.05) is 30.4 Å². The average Bonchev–Trinajstić information content (AvgIpc) is 2.30. The molecule has 0 aliphatic rings. The zero-order valence-electron chi connectivity index (χ0n) is 8.18. The van der Waals surface area contributed by atoms with Gasteiger partial charge in [0.1, 0.15) is 5.56 Å². The average molecular weight is 216 g/mol. The van der Waals surface area contributed by atoms with Crippen LogP contribution in [0.25, 0.3) is 11.1 Å². The molecule has 0 saturated carbocycles. The smallest absolute Gasteiger partial charge is 0.341 e. The zero-order chi connectivity index (χ0) is 11.5. The molecule has 0 aliphatic carbocycles. The highest BCUT2D eigenvalue weighted by Crippen LogP contribution is 2.12. The number of aromatic nitrogens is 2. The maximum Gasteiger partial charge on any atom is 0.341 e. The number of hydrogen-bond donors (Lipinski definition) is 2. The minimum Gasteiger partial charge on any atom is -0.477 e. The fourth-order valence-corrected chi connectivity index (χ4v) is 1.39. The number of carbonyl (C=O) groups is 1. The van der Waals surface area contributed by atoms with E-state index < -0.39 is 11.4 Å². The van der Waals surface area contributed by atoms with E-state index >= 15 is 0 Å². The predicted molar refractivity (Wildman–Crippen MR) is 57.3 cm³/mol. The number of carboxylic acids is 1. The summed E-state index contributed by atoms with van der Waals surface area (Å²) in [5.74, 6) is -1.24. The van der Waals surface area contributed by atoms with Crippen LogP contribution in [0.4, 0.5) is 0 Å². The third kappa shape index (κ3) is 1.70. The molecular weight excluding hydrogens is 208 g/mol. The number of pyridine rings is 2. The summed E-state index contributed by atoms with van der Waals surface area (Å²) < 4.78 is 0. The molecule has 2 rings (SSSR count). The summed E-state index contributed by atoms with van der Waals surface area (Å²) in [7, 11) is 0. The second kappa shape index (κ2) is 3.98. The van der Waals surface area contributed by atoms with Crippen molar-refractivity contribution < 1.29 is 9.90 Å². The lowest BCUT2D eigenvalue weighted by Gasteiger charge is -2.00.